The van der Waals surface area contributed by atoms with E-state index in [4.69, 9.17) is 11.6 Å². The SMILES string of the molecule is Cc1cc([N+](=O)[O-])cc(C=Nc2ccc(Cl)c(-c3nc4ccccc4[nH]3)c2)c1O. The Kier molecular flexibility index (Phi) is 4.74. The van der Waals surface area contributed by atoms with Gasteiger partial charge in [-0.1, -0.05) is 23.7 Å². The van der Waals surface area contributed by atoms with Crippen molar-refractivity contribution >= 4 is 40.2 Å². The number of hydrogen-bond acceptors (Lipinski definition) is 5. The van der Waals surface area contributed by atoms with Gasteiger partial charge in [0.1, 0.15) is 11.6 Å². The van der Waals surface area contributed by atoms with E-state index in [0.29, 0.717) is 27.7 Å². The number of benzene rings is 3. The monoisotopic (exact) mass is 406 g/mol. The van der Waals surface area contributed by atoms with Gasteiger partial charge in [-0.25, -0.2) is 4.98 Å². The summed E-state index contributed by atoms with van der Waals surface area (Å²) in [5, 5.41) is 21.8. The van der Waals surface area contributed by atoms with Gasteiger partial charge in [0.2, 0.25) is 0 Å². The molecule has 7 nitrogen and oxygen atoms in total. The van der Waals surface area contributed by atoms with Crippen LogP contribution in [0.4, 0.5) is 11.4 Å². The Morgan fingerprint density at radius 3 is 2.76 bits per heavy atom. The second-order valence-corrected chi connectivity index (χ2v) is 6.89. The van der Waals surface area contributed by atoms with E-state index in [-0.39, 0.29) is 17.0 Å². The van der Waals surface area contributed by atoms with E-state index in [0.717, 1.165) is 11.0 Å². The summed E-state index contributed by atoms with van der Waals surface area (Å²) in [4.78, 5) is 22.7. The number of aromatic nitrogens is 2. The molecule has 0 saturated heterocycles. The Hall–Kier alpha value is -3.71. The van der Waals surface area contributed by atoms with Gasteiger partial charge in [-0.3, -0.25) is 15.1 Å². The van der Waals surface area contributed by atoms with Gasteiger partial charge in [-0.05, 0) is 42.8 Å². The van der Waals surface area contributed by atoms with Crippen molar-refractivity contribution in [3.05, 3.63) is 80.9 Å². The number of nitro groups is 1. The molecule has 29 heavy (non-hydrogen) atoms. The first-order chi connectivity index (χ1) is 13.9. The number of rotatable bonds is 4. The minimum Gasteiger partial charge on any atom is -0.507 e. The fourth-order valence-electron chi connectivity index (χ4n) is 2.99. The number of aliphatic imine (C=N–C) groups is 1. The zero-order chi connectivity index (χ0) is 20.5. The summed E-state index contributed by atoms with van der Waals surface area (Å²) in [5.41, 5.74) is 3.51. The molecule has 0 fully saturated rings. The number of aromatic amines is 1. The van der Waals surface area contributed by atoms with Crippen LogP contribution in [-0.4, -0.2) is 26.2 Å². The van der Waals surface area contributed by atoms with Crippen molar-refractivity contribution < 1.29 is 10.0 Å². The van der Waals surface area contributed by atoms with Gasteiger partial charge in [0.05, 0.1) is 26.7 Å². The number of H-pyrrole nitrogens is 1. The lowest BCUT2D eigenvalue weighted by Gasteiger charge is -2.04. The highest BCUT2D eigenvalue weighted by Gasteiger charge is 2.13. The summed E-state index contributed by atoms with van der Waals surface area (Å²) in [7, 11) is 0. The van der Waals surface area contributed by atoms with Crippen LogP contribution in [0.3, 0.4) is 0 Å². The molecule has 0 saturated carbocycles. The molecule has 1 heterocycles. The van der Waals surface area contributed by atoms with Crippen molar-refractivity contribution in [1.82, 2.24) is 9.97 Å². The largest absolute Gasteiger partial charge is 0.507 e. The van der Waals surface area contributed by atoms with E-state index in [9.17, 15) is 15.2 Å². The molecule has 0 radical (unpaired) electrons. The van der Waals surface area contributed by atoms with Gasteiger partial charge in [0.15, 0.2) is 0 Å². The number of fused-ring (bicyclic) bond motifs is 1. The summed E-state index contributed by atoms with van der Waals surface area (Å²) >= 11 is 6.35. The molecule has 4 aromatic rings. The lowest BCUT2D eigenvalue weighted by Crippen LogP contribution is -1.93. The van der Waals surface area contributed by atoms with Crippen LogP contribution < -0.4 is 0 Å². The third-order valence-electron chi connectivity index (χ3n) is 4.47. The van der Waals surface area contributed by atoms with E-state index < -0.39 is 4.92 Å². The van der Waals surface area contributed by atoms with Crippen molar-refractivity contribution in [2.45, 2.75) is 6.92 Å². The maximum absolute atomic E-state index is 11.1. The summed E-state index contributed by atoms with van der Waals surface area (Å²) in [6.07, 6.45) is 1.39. The molecule has 0 spiro atoms. The first kappa shape index (κ1) is 18.6. The van der Waals surface area contributed by atoms with Crippen LogP contribution in [0.15, 0.2) is 59.6 Å². The number of nitro benzene ring substituents is 1. The highest BCUT2D eigenvalue weighted by Crippen LogP contribution is 2.32. The van der Waals surface area contributed by atoms with Crippen molar-refractivity contribution in [3.63, 3.8) is 0 Å². The number of aryl methyl sites for hydroxylation is 1. The number of hydrogen-bond donors (Lipinski definition) is 2. The topological polar surface area (TPSA) is 104 Å². The summed E-state index contributed by atoms with van der Waals surface area (Å²) < 4.78 is 0. The molecule has 0 bridgehead atoms. The normalized spacial score (nSPS) is 11.4. The number of aromatic hydroxyl groups is 1. The van der Waals surface area contributed by atoms with Crippen LogP contribution in [0, 0.1) is 17.0 Å². The molecule has 0 aliphatic heterocycles. The van der Waals surface area contributed by atoms with Gasteiger partial charge in [-0.15, -0.1) is 0 Å². The molecule has 3 aromatic carbocycles. The molecule has 0 atom stereocenters. The lowest BCUT2D eigenvalue weighted by atomic mass is 10.1. The molecule has 0 aliphatic rings. The zero-order valence-electron chi connectivity index (χ0n) is 15.3. The number of phenols is 1. The molecule has 8 heteroatoms. The van der Waals surface area contributed by atoms with E-state index in [1.165, 1.54) is 18.3 Å². The van der Waals surface area contributed by atoms with Crippen molar-refractivity contribution in [1.29, 1.82) is 0 Å². The van der Waals surface area contributed by atoms with Crippen LogP contribution in [0.25, 0.3) is 22.4 Å². The molecular weight excluding hydrogens is 392 g/mol. The van der Waals surface area contributed by atoms with Crippen molar-refractivity contribution in [3.8, 4) is 17.1 Å². The number of imidazole rings is 1. The molecule has 4 rings (SSSR count). The minimum absolute atomic E-state index is 0.0502. The molecular formula is C21H15ClN4O3. The van der Waals surface area contributed by atoms with Crippen LogP contribution in [0.2, 0.25) is 5.02 Å². The Morgan fingerprint density at radius 1 is 1.21 bits per heavy atom. The number of non-ortho nitro benzene ring substituents is 1. The lowest BCUT2D eigenvalue weighted by molar-refractivity contribution is -0.384. The number of halogens is 1. The van der Waals surface area contributed by atoms with Crippen LogP contribution in [0.5, 0.6) is 5.75 Å². The minimum atomic E-state index is -0.508. The third kappa shape index (κ3) is 3.68. The Labute approximate surface area is 170 Å². The Balaban J connectivity index is 1.72. The van der Waals surface area contributed by atoms with Gasteiger partial charge in [0.25, 0.3) is 5.69 Å². The van der Waals surface area contributed by atoms with E-state index in [1.807, 2.05) is 24.3 Å². The van der Waals surface area contributed by atoms with Gasteiger partial charge < -0.3 is 10.1 Å². The molecule has 0 amide bonds. The molecule has 0 aliphatic carbocycles. The molecule has 2 N–H and O–H groups in total. The maximum atomic E-state index is 11.1. The van der Waals surface area contributed by atoms with Gasteiger partial charge in [-0.2, -0.15) is 0 Å². The van der Waals surface area contributed by atoms with Gasteiger partial charge >= 0.3 is 0 Å². The first-order valence-electron chi connectivity index (χ1n) is 8.69. The average molecular weight is 407 g/mol. The number of nitrogens with zero attached hydrogens (tertiary/aromatic N) is 3. The van der Waals surface area contributed by atoms with Crippen LogP contribution in [-0.2, 0) is 0 Å². The first-order valence-corrected chi connectivity index (χ1v) is 9.07. The second-order valence-electron chi connectivity index (χ2n) is 6.48. The number of phenolic OH excluding ortho intramolecular Hbond substituents is 1. The molecule has 1 aromatic heterocycles. The molecule has 144 valence electrons. The fourth-order valence-corrected chi connectivity index (χ4v) is 3.20. The van der Waals surface area contributed by atoms with E-state index in [2.05, 4.69) is 15.0 Å². The summed E-state index contributed by atoms with van der Waals surface area (Å²) in [6, 6.07) is 15.4. The highest BCUT2D eigenvalue weighted by molar-refractivity contribution is 6.33. The van der Waals surface area contributed by atoms with Crippen molar-refractivity contribution in [2.75, 3.05) is 0 Å². The third-order valence-corrected chi connectivity index (χ3v) is 4.80. The van der Waals surface area contributed by atoms with E-state index in [1.54, 1.807) is 25.1 Å². The number of nitrogens with one attached hydrogen (secondary N) is 1. The smallest absolute Gasteiger partial charge is 0.270 e. The summed E-state index contributed by atoms with van der Waals surface area (Å²) in [6.45, 7) is 1.60. The number of para-hydroxylation sites is 2. The average Bonchev–Trinajstić information content (AvgIpc) is 3.13. The fraction of sp³-hybridized carbons (Fsp3) is 0.0476. The van der Waals surface area contributed by atoms with Gasteiger partial charge in [0, 0.05) is 29.5 Å². The predicted octanol–water partition coefficient (Wildman–Crippen LogP) is 5.56. The van der Waals surface area contributed by atoms with Crippen molar-refractivity contribution in [2.24, 2.45) is 4.99 Å². The zero-order valence-corrected chi connectivity index (χ0v) is 16.0. The Bertz CT molecular complexity index is 1250. The van der Waals surface area contributed by atoms with E-state index >= 15 is 0 Å². The van der Waals surface area contributed by atoms with Crippen LogP contribution >= 0.6 is 11.6 Å². The summed E-state index contributed by atoms with van der Waals surface area (Å²) in [5.74, 6) is 0.563. The second kappa shape index (κ2) is 7.37. The quantitative estimate of drug-likeness (QED) is 0.263. The van der Waals surface area contributed by atoms with Crippen LogP contribution in [0.1, 0.15) is 11.1 Å². The standard InChI is InChI=1S/C21H15ClN4O3/c1-12-8-15(26(28)29)9-13(20(12)27)11-23-14-6-7-17(22)16(10-14)21-24-18-4-2-3-5-19(18)25-21/h2-11,27H,1H3,(H,24,25). The maximum Gasteiger partial charge on any atom is 0.270 e. The Morgan fingerprint density at radius 2 is 2.00 bits per heavy atom. The highest BCUT2D eigenvalue weighted by atomic mass is 35.5. The molecule has 0 unspecified atom stereocenters. The predicted molar refractivity (Wildman–Crippen MR) is 113 cm³/mol.